The van der Waals surface area contributed by atoms with Gasteiger partial charge in [0.1, 0.15) is 0 Å². The van der Waals surface area contributed by atoms with Crippen molar-refractivity contribution in [1.29, 1.82) is 0 Å². The molecule has 1 aliphatic heterocycles. The summed E-state index contributed by atoms with van der Waals surface area (Å²) in [6, 6.07) is 9.72. The molecule has 0 saturated heterocycles. The maximum absolute atomic E-state index is 4.72. The van der Waals surface area contributed by atoms with E-state index in [1.807, 2.05) is 0 Å². The zero-order valence-electron chi connectivity index (χ0n) is 9.74. The number of amidine groups is 1. The van der Waals surface area contributed by atoms with E-state index in [1.165, 1.54) is 36.8 Å². The molecule has 0 radical (unpaired) electrons. The molecule has 1 heterocycles. The fourth-order valence-corrected chi connectivity index (χ4v) is 2.93. The number of nitrogens with one attached hydrogen (secondary N) is 1. The summed E-state index contributed by atoms with van der Waals surface area (Å²) in [5.74, 6) is 1.10. The summed E-state index contributed by atoms with van der Waals surface area (Å²) in [6.45, 7) is 2.08. The first-order valence-corrected chi connectivity index (χ1v) is 6.23. The van der Waals surface area contributed by atoms with Crippen LogP contribution < -0.4 is 5.32 Å². The minimum absolute atomic E-state index is 0.427. The van der Waals surface area contributed by atoms with Crippen LogP contribution in [0.3, 0.4) is 0 Å². The Morgan fingerprint density at radius 2 is 2.12 bits per heavy atom. The molecule has 0 fully saturated rings. The Morgan fingerprint density at radius 1 is 1.25 bits per heavy atom. The first kappa shape index (κ1) is 9.88. The Balaban J connectivity index is 2.01. The van der Waals surface area contributed by atoms with Gasteiger partial charge in [-0.05, 0) is 37.3 Å². The van der Waals surface area contributed by atoms with Gasteiger partial charge in [-0.3, -0.25) is 4.99 Å². The molecule has 2 unspecified atom stereocenters. The molecule has 0 spiro atoms. The van der Waals surface area contributed by atoms with E-state index in [2.05, 4.69) is 36.5 Å². The van der Waals surface area contributed by atoms with E-state index in [0.29, 0.717) is 12.1 Å². The summed E-state index contributed by atoms with van der Waals surface area (Å²) in [4.78, 5) is 4.72. The van der Waals surface area contributed by atoms with Crippen LogP contribution in [0.15, 0.2) is 29.3 Å². The molecule has 1 aromatic carbocycles. The second-order valence-electron chi connectivity index (χ2n) is 4.85. The topological polar surface area (TPSA) is 24.4 Å². The van der Waals surface area contributed by atoms with Crippen molar-refractivity contribution >= 4 is 5.84 Å². The molecule has 0 saturated carbocycles. The molecule has 1 aromatic rings. The van der Waals surface area contributed by atoms with Crippen LogP contribution in [0.25, 0.3) is 0 Å². The number of hydrogen-bond donors (Lipinski definition) is 1. The predicted octanol–water partition coefficient (Wildman–Crippen LogP) is 2.84. The molecule has 2 nitrogen and oxygen atoms in total. The van der Waals surface area contributed by atoms with E-state index in [9.17, 15) is 0 Å². The summed E-state index contributed by atoms with van der Waals surface area (Å²) in [5, 5.41) is 3.53. The number of aliphatic imine (C=N–C) groups is 1. The van der Waals surface area contributed by atoms with Crippen molar-refractivity contribution < 1.29 is 0 Å². The van der Waals surface area contributed by atoms with E-state index >= 15 is 0 Å². The third-order valence-corrected chi connectivity index (χ3v) is 3.69. The van der Waals surface area contributed by atoms with Gasteiger partial charge < -0.3 is 5.32 Å². The van der Waals surface area contributed by atoms with Gasteiger partial charge in [-0.25, -0.2) is 0 Å². The lowest BCUT2D eigenvalue weighted by molar-refractivity contribution is 0.473. The van der Waals surface area contributed by atoms with Crippen molar-refractivity contribution in [2.45, 2.75) is 44.7 Å². The van der Waals surface area contributed by atoms with Gasteiger partial charge in [0.2, 0.25) is 0 Å². The van der Waals surface area contributed by atoms with Crippen molar-refractivity contribution in [2.24, 2.45) is 4.99 Å². The summed E-state index contributed by atoms with van der Waals surface area (Å²) in [6.07, 6.45) is 5.05. The van der Waals surface area contributed by atoms with Crippen molar-refractivity contribution in [2.75, 3.05) is 0 Å². The summed E-state index contributed by atoms with van der Waals surface area (Å²) in [7, 11) is 0. The summed E-state index contributed by atoms with van der Waals surface area (Å²) < 4.78 is 0. The van der Waals surface area contributed by atoms with E-state index in [-0.39, 0.29) is 0 Å². The molecule has 2 heteroatoms. The Hall–Kier alpha value is -1.31. The molecule has 1 aliphatic carbocycles. The molecule has 16 heavy (non-hydrogen) atoms. The molecule has 84 valence electrons. The average molecular weight is 214 g/mol. The monoisotopic (exact) mass is 214 g/mol. The fourth-order valence-electron chi connectivity index (χ4n) is 2.93. The van der Waals surface area contributed by atoms with Gasteiger partial charge in [-0.15, -0.1) is 0 Å². The predicted molar refractivity (Wildman–Crippen MR) is 66.8 cm³/mol. The maximum atomic E-state index is 4.72. The normalized spacial score (nSPS) is 28.2. The second kappa shape index (κ2) is 3.93. The highest BCUT2D eigenvalue weighted by molar-refractivity contribution is 5.82. The summed E-state index contributed by atoms with van der Waals surface area (Å²) in [5.41, 5.74) is 2.97. The summed E-state index contributed by atoms with van der Waals surface area (Å²) >= 11 is 0. The largest absolute Gasteiger partial charge is 0.365 e. The van der Waals surface area contributed by atoms with Crippen LogP contribution in [0.5, 0.6) is 0 Å². The molecule has 2 atom stereocenters. The number of nitrogens with zero attached hydrogens (tertiary/aromatic N) is 1. The molecule has 0 amide bonds. The SMILES string of the molecule is CC1=NC2CCCCc3ccccc3C2N1. The minimum atomic E-state index is 0.427. The van der Waals surface area contributed by atoms with E-state index in [4.69, 9.17) is 4.99 Å². The molecule has 0 aromatic heterocycles. The Kier molecular flexibility index (Phi) is 2.43. The third-order valence-electron chi connectivity index (χ3n) is 3.69. The highest BCUT2D eigenvalue weighted by atomic mass is 15.1. The van der Waals surface area contributed by atoms with Gasteiger partial charge in [0.25, 0.3) is 0 Å². The first-order valence-electron chi connectivity index (χ1n) is 6.23. The second-order valence-corrected chi connectivity index (χ2v) is 4.85. The fraction of sp³-hybridized carbons (Fsp3) is 0.500. The van der Waals surface area contributed by atoms with Crippen molar-refractivity contribution in [1.82, 2.24) is 5.32 Å². The third kappa shape index (κ3) is 1.62. The van der Waals surface area contributed by atoms with Gasteiger partial charge in [-0.2, -0.15) is 0 Å². The van der Waals surface area contributed by atoms with Gasteiger partial charge in [-0.1, -0.05) is 30.7 Å². The number of aryl methyl sites for hydroxylation is 1. The Bertz CT molecular complexity index is 422. The van der Waals surface area contributed by atoms with E-state index < -0.39 is 0 Å². The van der Waals surface area contributed by atoms with Gasteiger partial charge in [0.15, 0.2) is 0 Å². The first-order chi connectivity index (χ1) is 7.84. The van der Waals surface area contributed by atoms with Crippen molar-refractivity contribution in [3.8, 4) is 0 Å². The van der Waals surface area contributed by atoms with E-state index in [1.54, 1.807) is 0 Å². The smallest absolute Gasteiger partial charge is 0.0941 e. The molecule has 1 N–H and O–H groups in total. The zero-order valence-corrected chi connectivity index (χ0v) is 9.74. The van der Waals surface area contributed by atoms with Crippen LogP contribution in [0.1, 0.15) is 43.4 Å². The highest BCUT2D eigenvalue weighted by Gasteiger charge is 2.30. The van der Waals surface area contributed by atoms with Crippen LogP contribution in [-0.2, 0) is 6.42 Å². The quantitative estimate of drug-likeness (QED) is 0.705. The van der Waals surface area contributed by atoms with E-state index in [0.717, 1.165) is 5.84 Å². The van der Waals surface area contributed by atoms with Gasteiger partial charge >= 0.3 is 0 Å². The lowest BCUT2D eigenvalue weighted by Gasteiger charge is -2.24. The van der Waals surface area contributed by atoms with Crippen LogP contribution in [0, 0.1) is 0 Å². The van der Waals surface area contributed by atoms with Crippen LogP contribution in [0.4, 0.5) is 0 Å². The van der Waals surface area contributed by atoms with Crippen molar-refractivity contribution in [3.05, 3.63) is 35.4 Å². The minimum Gasteiger partial charge on any atom is -0.365 e. The highest BCUT2D eigenvalue weighted by Crippen LogP contribution is 2.32. The standard InChI is InChI=1S/C14H18N2/c1-10-15-13-9-5-3-7-11-6-2-4-8-12(11)14(13)16-10/h2,4,6,8,13-14H,3,5,7,9H2,1H3,(H,15,16). The van der Waals surface area contributed by atoms with Gasteiger partial charge in [0.05, 0.1) is 17.9 Å². The lowest BCUT2D eigenvalue weighted by atomic mass is 9.87. The van der Waals surface area contributed by atoms with Crippen molar-refractivity contribution in [3.63, 3.8) is 0 Å². The number of benzene rings is 1. The van der Waals surface area contributed by atoms with Crippen LogP contribution in [-0.4, -0.2) is 11.9 Å². The molecule has 2 aliphatic rings. The Morgan fingerprint density at radius 3 is 3.06 bits per heavy atom. The zero-order chi connectivity index (χ0) is 11.0. The van der Waals surface area contributed by atoms with Crippen LogP contribution >= 0.6 is 0 Å². The number of fused-ring (bicyclic) bond motifs is 3. The number of hydrogen-bond acceptors (Lipinski definition) is 2. The molecular formula is C14H18N2. The number of rotatable bonds is 0. The van der Waals surface area contributed by atoms with Crippen LogP contribution in [0.2, 0.25) is 0 Å². The lowest BCUT2D eigenvalue weighted by Crippen LogP contribution is -2.27. The average Bonchev–Trinajstić information content (AvgIpc) is 2.63. The van der Waals surface area contributed by atoms with Gasteiger partial charge in [0, 0.05) is 0 Å². The molecular weight excluding hydrogens is 196 g/mol. The maximum Gasteiger partial charge on any atom is 0.0941 e. The molecule has 3 rings (SSSR count). The molecule has 0 bridgehead atoms. The Labute approximate surface area is 96.8 Å².